The minimum atomic E-state index is -0.173. The summed E-state index contributed by atoms with van der Waals surface area (Å²) in [5, 5.41) is 7.48. The van der Waals surface area contributed by atoms with Gasteiger partial charge in [0.2, 0.25) is 5.91 Å². The third kappa shape index (κ3) is 5.92. The van der Waals surface area contributed by atoms with Crippen molar-refractivity contribution in [2.24, 2.45) is 13.0 Å². The molecule has 2 atom stereocenters. The van der Waals surface area contributed by atoms with E-state index in [9.17, 15) is 9.59 Å². The van der Waals surface area contributed by atoms with E-state index < -0.39 is 0 Å². The Morgan fingerprint density at radius 1 is 1.14 bits per heavy atom. The first kappa shape index (κ1) is 29.8. The van der Waals surface area contributed by atoms with Crippen molar-refractivity contribution in [3.05, 3.63) is 60.3 Å². The Labute approximate surface area is 252 Å². The van der Waals surface area contributed by atoms with Crippen LogP contribution in [0, 0.1) is 5.92 Å². The van der Waals surface area contributed by atoms with E-state index in [1.54, 1.807) is 18.0 Å². The second-order valence-corrected chi connectivity index (χ2v) is 11.6. The maximum atomic E-state index is 13.6. The molecule has 2 N–H and O–H groups in total. The summed E-state index contributed by atoms with van der Waals surface area (Å²) in [7, 11) is 7.73. The predicted molar refractivity (Wildman–Crippen MR) is 168 cm³/mol. The van der Waals surface area contributed by atoms with Gasteiger partial charge >= 0.3 is 0 Å². The molecule has 4 aromatic rings. The van der Waals surface area contributed by atoms with Crippen LogP contribution in [0.15, 0.2) is 54.7 Å². The number of amides is 2. The summed E-state index contributed by atoms with van der Waals surface area (Å²) in [6, 6.07) is 11.6. The fourth-order valence-electron chi connectivity index (χ4n) is 5.75. The zero-order chi connectivity index (χ0) is 28.7. The molecule has 1 saturated carbocycles. The Bertz CT molecular complexity index is 1640. The molecule has 2 amide bonds. The molecule has 0 spiro atoms. The summed E-state index contributed by atoms with van der Waals surface area (Å²) in [5.41, 5.74) is 4.35. The Balaban J connectivity index is 0.00000353. The summed E-state index contributed by atoms with van der Waals surface area (Å²) in [6.45, 7) is 2.85. The summed E-state index contributed by atoms with van der Waals surface area (Å²) < 4.78 is 4.40. The van der Waals surface area contributed by atoms with Crippen molar-refractivity contribution in [1.82, 2.24) is 39.5 Å². The minimum Gasteiger partial charge on any atom is -0.346 e. The van der Waals surface area contributed by atoms with E-state index in [2.05, 4.69) is 36.9 Å². The monoisotopic (exact) mass is 590 g/mol. The van der Waals surface area contributed by atoms with Crippen LogP contribution in [0.2, 0.25) is 0 Å². The molecule has 1 saturated heterocycles. The largest absolute Gasteiger partial charge is 0.346 e. The van der Waals surface area contributed by atoms with Gasteiger partial charge in [0, 0.05) is 63.5 Å². The highest BCUT2D eigenvalue weighted by molar-refractivity contribution is 5.98. The minimum absolute atomic E-state index is 0. The van der Waals surface area contributed by atoms with E-state index in [1.807, 2.05) is 62.6 Å². The van der Waals surface area contributed by atoms with Crippen LogP contribution in [0.1, 0.15) is 23.2 Å². The van der Waals surface area contributed by atoms with Gasteiger partial charge in [-0.15, -0.1) is 12.4 Å². The number of imidazole rings is 1. The number of aryl methyl sites for hydroxylation is 1. The van der Waals surface area contributed by atoms with Gasteiger partial charge < -0.3 is 29.6 Å². The molecular weight excluding hydrogens is 552 g/mol. The first-order valence-corrected chi connectivity index (χ1v) is 14.3. The predicted octanol–water partition coefficient (Wildman–Crippen LogP) is 3.07. The Morgan fingerprint density at radius 3 is 2.71 bits per heavy atom. The average molecular weight is 591 g/mol. The number of benzene rings is 1. The van der Waals surface area contributed by atoms with Crippen molar-refractivity contribution >= 4 is 46.3 Å². The molecule has 4 heterocycles. The molecule has 11 heteroatoms. The van der Waals surface area contributed by atoms with Gasteiger partial charge in [-0.3, -0.25) is 9.59 Å². The molecule has 1 aliphatic carbocycles. The van der Waals surface area contributed by atoms with Gasteiger partial charge in [0.05, 0.1) is 28.8 Å². The molecule has 3 aromatic heterocycles. The zero-order valence-electron chi connectivity index (χ0n) is 24.6. The second kappa shape index (κ2) is 12.2. The number of carbonyl (C=O) groups excluding carboxylic acids is 2. The lowest BCUT2D eigenvalue weighted by atomic mass is 10.1. The van der Waals surface area contributed by atoms with E-state index in [-0.39, 0.29) is 36.3 Å². The highest BCUT2D eigenvalue weighted by Gasteiger charge is 2.34. The summed E-state index contributed by atoms with van der Waals surface area (Å²) in [6.07, 6.45) is 7.74. The number of hydrogen-bond donors (Lipinski definition) is 2. The van der Waals surface area contributed by atoms with Crippen molar-refractivity contribution in [3.8, 4) is 11.5 Å². The smallest absolute Gasteiger partial charge is 0.254 e. The van der Waals surface area contributed by atoms with E-state index in [0.717, 1.165) is 40.1 Å². The van der Waals surface area contributed by atoms with Crippen LogP contribution >= 0.6 is 12.4 Å². The van der Waals surface area contributed by atoms with Gasteiger partial charge in [-0.2, -0.15) is 0 Å². The second-order valence-electron chi connectivity index (χ2n) is 11.6. The van der Waals surface area contributed by atoms with Crippen LogP contribution in [0.3, 0.4) is 0 Å². The molecule has 1 aromatic carbocycles. The highest BCUT2D eigenvalue weighted by Crippen LogP contribution is 2.36. The van der Waals surface area contributed by atoms with E-state index >= 15 is 0 Å². The Kier molecular flexibility index (Phi) is 8.68. The number of aromatic nitrogens is 4. The van der Waals surface area contributed by atoms with Crippen LogP contribution in [-0.2, 0) is 18.4 Å². The van der Waals surface area contributed by atoms with Crippen molar-refractivity contribution < 1.29 is 9.59 Å². The number of fused-ring (bicyclic) bond motifs is 2. The molecule has 6 rings (SSSR count). The fourth-order valence-corrected chi connectivity index (χ4v) is 5.75. The standard InChI is InChI=1S/C31H38N8O2.ClH/c1-36(2)14-6-8-28(40)34-24-17-32-18-27(24)38(4)31(41)22-11-12-25-23(15-22)35-30(37(25)3)26-16-21-7-5-13-33-29(21)39(26)19-20-9-10-20;/h5-8,11-13,15-16,20,24,27,32H,9-10,14,17-19H2,1-4H3,(H,34,40);1H/b8-6+;/t24-,27-;/m1./s1. The SMILES string of the molecule is CN(C)C/C=C/C(=O)N[C@@H]1CNC[C@H]1N(C)C(=O)c1ccc2c(c1)nc(-c1cc3cccnc3n1CC1CC1)n2C.Cl. The normalized spacial score (nSPS) is 18.7. The first-order chi connectivity index (χ1) is 19.8. The molecule has 2 fully saturated rings. The summed E-state index contributed by atoms with van der Waals surface area (Å²) in [4.78, 5) is 39.5. The zero-order valence-corrected chi connectivity index (χ0v) is 25.4. The maximum absolute atomic E-state index is 13.6. The van der Waals surface area contributed by atoms with E-state index in [1.165, 1.54) is 12.8 Å². The Hall–Kier alpha value is -3.73. The molecule has 1 aliphatic heterocycles. The van der Waals surface area contributed by atoms with Gasteiger partial charge in [0.25, 0.3) is 5.91 Å². The van der Waals surface area contributed by atoms with Crippen LogP contribution in [-0.4, -0.2) is 93.6 Å². The fraction of sp³-hybridized carbons (Fsp3) is 0.419. The number of hydrogen-bond acceptors (Lipinski definition) is 6. The van der Waals surface area contributed by atoms with Gasteiger partial charge in [-0.1, -0.05) is 6.08 Å². The Morgan fingerprint density at radius 2 is 1.95 bits per heavy atom. The number of pyridine rings is 1. The lowest BCUT2D eigenvalue weighted by Crippen LogP contribution is -2.51. The van der Waals surface area contributed by atoms with Crippen LogP contribution in [0.4, 0.5) is 0 Å². The van der Waals surface area contributed by atoms with E-state index in [4.69, 9.17) is 4.98 Å². The molecule has 0 unspecified atom stereocenters. The molecule has 2 aliphatic rings. The number of nitrogens with zero attached hydrogens (tertiary/aromatic N) is 6. The van der Waals surface area contributed by atoms with Crippen LogP contribution < -0.4 is 10.6 Å². The summed E-state index contributed by atoms with van der Waals surface area (Å²) in [5.74, 6) is 1.31. The van der Waals surface area contributed by atoms with Gasteiger partial charge in [-0.25, -0.2) is 9.97 Å². The lowest BCUT2D eigenvalue weighted by Gasteiger charge is -2.29. The van der Waals surface area contributed by atoms with Crippen molar-refractivity contribution in [2.75, 3.05) is 40.8 Å². The first-order valence-electron chi connectivity index (χ1n) is 14.3. The molecule has 222 valence electrons. The molecule has 10 nitrogen and oxygen atoms in total. The molecule has 0 radical (unpaired) electrons. The highest BCUT2D eigenvalue weighted by atomic mass is 35.5. The molecular formula is C31H39ClN8O2. The number of likely N-dealkylation sites (N-methyl/N-ethyl adjacent to an activating group) is 2. The van der Waals surface area contributed by atoms with Crippen LogP contribution in [0.25, 0.3) is 33.6 Å². The van der Waals surface area contributed by atoms with Crippen molar-refractivity contribution in [3.63, 3.8) is 0 Å². The maximum Gasteiger partial charge on any atom is 0.254 e. The van der Waals surface area contributed by atoms with Crippen molar-refractivity contribution in [1.29, 1.82) is 0 Å². The third-order valence-electron chi connectivity index (χ3n) is 8.22. The van der Waals surface area contributed by atoms with Gasteiger partial charge in [-0.05, 0) is 69.3 Å². The lowest BCUT2D eigenvalue weighted by molar-refractivity contribution is -0.117. The third-order valence-corrected chi connectivity index (χ3v) is 8.22. The van der Waals surface area contributed by atoms with Gasteiger partial charge in [0.15, 0.2) is 5.82 Å². The average Bonchev–Trinajstić information content (AvgIpc) is 3.39. The number of rotatable bonds is 9. The quantitative estimate of drug-likeness (QED) is 0.291. The molecule has 42 heavy (non-hydrogen) atoms. The molecule has 0 bridgehead atoms. The van der Waals surface area contributed by atoms with Crippen LogP contribution in [0.5, 0.6) is 0 Å². The topological polar surface area (TPSA) is 100 Å². The van der Waals surface area contributed by atoms with E-state index in [0.29, 0.717) is 31.1 Å². The van der Waals surface area contributed by atoms with Gasteiger partial charge in [0.1, 0.15) is 5.65 Å². The number of halogens is 1. The number of carbonyl (C=O) groups is 2. The van der Waals surface area contributed by atoms with Crippen molar-refractivity contribution in [2.45, 2.75) is 31.5 Å². The summed E-state index contributed by atoms with van der Waals surface area (Å²) >= 11 is 0. The number of nitrogens with one attached hydrogen (secondary N) is 2.